The van der Waals surface area contributed by atoms with Crippen LogP contribution in [0, 0.1) is 0 Å². The zero-order valence-electron chi connectivity index (χ0n) is 5.77. The molecule has 0 aliphatic rings. The lowest BCUT2D eigenvalue weighted by Crippen LogP contribution is -2.08. The third-order valence-electron chi connectivity index (χ3n) is 1.24. The fourth-order valence-corrected chi connectivity index (χ4v) is 0.702. The highest BCUT2D eigenvalue weighted by molar-refractivity contribution is 4.43. The molecule has 9 heavy (non-hydrogen) atoms. The van der Waals surface area contributed by atoms with Gasteiger partial charge in [-0.3, -0.25) is 0 Å². The Hall–Kier alpha value is -0.120. The van der Waals surface area contributed by atoms with Crippen LogP contribution >= 0.6 is 0 Å². The largest absolute Gasteiger partial charge is 0.330 e. The number of unbranched alkanes of at least 4 members (excludes halogenated alkanes) is 3. The lowest BCUT2D eigenvalue weighted by molar-refractivity contribution is 0.164. The molecule has 0 spiro atoms. The van der Waals surface area contributed by atoms with Gasteiger partial charge in [0, 0.05) is 6.54 Å². The zero-order valence-corrected chi connectivity index (χ0v) is 5.77. The van der Waals surface area contributed by atoms with Crippen molar-refractivity contribution in [2.75, 3.05) is 13.1 Å². The smallest absolute Gasteiger partial charge is 0.0207 e. The van der Waals surface area contributed by atoms with Crippen molar-refractivity contribution in [1.82, 2.24) is 5.48 Å². The van der Waals surface area contributed by atoms with Crippen LogP contribution in [0.1, 0.15) is 25.7 Å². The van der Waals surface area contributed by atoms with Gasteiger partial charge in [0.1, 0.15) is 0 Å². The van der Waals surface area contributed by atoms with Gasteiger partial charge in [-0.1, -0.05) is 12.8 Å². The molecule has 0 bridgehead atoms. The maximum atomic E-state index is 8.15. The molecule has 0 heterocycles. The molecule has 0 aromatic rings. The molecule has 0 amide bonds. The molecule has 3 nitrogen and oxygen atoms in total. The molecule has 0 unspecified atom stereocenters. The van der Waals surface area contributed by atoms with Crippen molar-refractivity contribution in [3.05, 3.63) is 0 Å². The summed E-state index contributed by atoms with van der Waals surface area (Å²) in [7, 11) is 0. The summed E-state index contributed by atoms with van der Waals surface area (Å²) in [6, 6.07) is 0. The quantitative estimate of drug-likeness (QED) is 0.364. The van der Waals surface area contributed by atoms with E-state index in [1.165, 1.54) is 6.42 Å². The van der Waals surface area contributed by atoms with Crippen molar-refractivity contribution < 1.29 is 5.21 Å². The van der Waals surface area contributed by atoms with E-state index in [0.29, 0.717) is 6.54 Å². The van der Waals surface area contributed by atoms with Crippen LogP contribution in [0.25, 0.3) is 0 Å². The molecular formula is C6H16N2O. The molecule has 0 aliphatic heterocycles. The Labute approximate surface area is 56.2 Å². The van der Waals surface area contributed by atoms with Crippen molar-refractivity contribution >= 4 is 0 Å². The van der Waals surface area contributed by atoms with Crippen LogP contribution in [0.5, 0.6) is 0 Å². The average Bonchev–Trinajstić information content (AvgIpc) is 1.89. The van der Waals surface area contributed by atoms with Crippen LogP contribution in [0.2, 0.25) is 0 Å². The second-order valence-electron chi connectivity index (χ2n) is 2.11. The lowest BCUT2D eigenvalue weighted by atomic mass is 10.2. The lowest BCUT2D eigenvalue weighted by Gasteiger charge is -1.96. The third-order valence-corrected chi connectivity index (χ3v) is 1.24. The number of hydrogen-bond acceptors (Lipinski definition) is 3. The minimum atomic E-state index is 0.699. The van der Waals surface area contributed by atoms with Crippen molar-refractivity contribution in [2.24, 2.45) is 5.73 Å². The SMILES string of the molecule is NCCCCCCNO. The van der Waals surface area contributed by atoms with Crippen molar-refractivity contribution in [1.29, 1.82) is 0 Å². The van der Waals surface area contributed by atoms with Crippen molar-refractivity contribution in [3.8, 4) is 0 Å². The molecule has 0 saturated heterocycles. The minimum Gasteiger partial charge on any atom is -0.330 e. The van der Waals surface area contributed by atoms with Gasteiger partial charge in [0.25, 0.3) is 0 Å². The average molecular weight is 132 g/mol. The molecule has 0 fully saturated rings. The molecule has 0 rings (SSSR count). The third kappa shape index (κ3) is 7.88. The van der Waals surface area contributed by atoms with Crippen LogP contribution in [0.3, 0.4) is 0 Å². The number of rotatable bonds is 6. The van der Waals surface area contributed by atoms with Gasteiger partial charge in [0.05, 0.1) is 0 Å². The summed E-state index contributed by atoms with van der Waals surface area (Å²) in [6.45, 7) is 1.48. The fourth-order valence-electron chi connectivity index (χ4n) is 0.702. The van der Waals surface area contributed by atoms with E-state index in [9.17, 15) is 0 Å². The summed E-state index contributed by atoms with van der Waals surface area (Å²) in [5, 5.41) is 8.15. The molecule has 0 aromatic carbocycles. The monoisotopic (exact) mass is 132 g/mol. The summed E-state index contributed by atoms with van der Waals surface area (Å²) >= 11 is 0. The molecule has 56 valence electrons. The highest BCUT2D eigenvalue weighted by atomic mass is 16.5. The summed E-state index contributed by atoms with van der Waals surface area (Å²) < 4.78 is 0. The van der Waals surface area contributed by atoms with Gasteiger partial charge < -0.3 is 10.9 Å². The first-order valence-electron chi connectivity index (χ1n) is 3.49. The maximum absolute atomic E-state index is 8.15. The van der Waals surface area contributed by atoms with Crippen LogP contribution in [0.15, 0.2) is 0 Å². The Bertz CT molecular complexity index is 44.3. The molecule has 0 saturated carbocycles. The van der Waals surface area contributed by atoms with E-state index in [1.54, 1.807) is 0 Å². The predicted molar refractivity (Wildman–Crippen MR) is 37.3 cm³/mol. The van der Waals surface area contributed by atoms with E-state index in [-0.39, 0.29) is 0 Å². The molecule has 3 heteroatoms. The molecule has 0 aliphatic carbocycles. The van der Waals surface area contributed by atoms with E-state index < -0.39 is 0 Å². The fraction of sp³-hybridized carbons (Fsp3) is 1.00. The second-order valence-corrected chi connectivity index (χ2v) is 2.11. The Kier molecular flexibility index (Phi) is 7.77. The van der Waals surface area contributed by atoms with Gasteiger partial charge in [-0.15, -0.1) is 0 Å². The Morgan fingerprint density at radius 2 is 1.78 bits per heavy atom. The summed E-state index contributed by atoms with van der Waals surface area (Å²) in [6.07, 6.45) is 4.48. The van der Waals surface area contributed by atoms with E-state index in [0.717, 1.165) is 25.8 Å². The molecule has 0 atom stereocenters. The normalized spacial score (nSPS) is 10.0. The van der Waals surface area contributed by atoms with Crippen LogP contribution in [0.4, 0.5) is 0 Å². The number of hydroxylamine groups is 1. The zero-order chi connectivity index (χ0) is 6.95. The van der Waals surface area contributed by atoms with Gasteiger partial charge >= 0.3 is 0 Å². The van der Waals surface area contributed by atoms with E-state index in [1.807, 2.05) is 0 Å². The van der Waals surface area contributed by atoms with Crippen LogP contribution in [-0.2, 0) is 0 Å². The van der Waals surface area contributed by atoms with E-state index in [2.05, 4.69) is 5.48 Å². The number of nitrogens with two attached hydrogens (primary N) is 1. The first kappa shape index (κ1) is 8.88. The highest BCUT2D eigenvalue weighted by Gasteiger charge is 1.85. The van der Waals surface area contributed by atoms with Gasteiger partial charge in [0.15, 0.2) is 0 Å². The Balaban J connectivity index is 2.60. The molecule has 0 radical (unpaired) electrons. The number of nitrogens with one attached hydrogen (secondary N) is 1. The topological polar surface area (TPSA) is 58.3 Å². The molecular weight excluding hydrogens is 116 g/mol. The number of hydrogen-bond donors (Lipinski definition) is 3. The van der Waals surface area contributed by atoms with Gasteiger partial charge in [-0.25, -0.2) is 5.48 Å². The Morgan fingerprint density at radius 1 is 1.11 bits per heavy atom. The standard InChI is InChI=1S/C6H16N2O/c7-5-3-1-2-4-6-8-9/h8-9H,1-7H2. The molecule has 0 aromatic heterocycles. The first-order chi connectivity index (χ1) is 4.41. The van der Waals surface area contributed by atoms with Gasteiger partial charge in [-0.05, 0) is 19.4 Å². The predicted octanol–water partition coefficient (Wildman–Crippen LogP) is 0.484. The summed E-state index contributed by atoms with van der Waals surface area (Å²) in [4.78, 5) is 0. The second kappa shape index (κ2) is 7.88. The van der Waals surface area contributed by atoms with Crippen molar-refractivity contribution in [3.63, 3.8) is 0 Å². The first-order valence-corrected chi connectivity index (χ1v) is 3.49. The Morgan fingerprint density at radius 3 is 2.33 bits per heavy atom. The van der Waals surface area contributed by atoms with Crippen molar-refractivity contribution in [2.45, 2.75) is 25.7 Å². The highest BCUT2D eigenvalue weighted by Crippen LogP contribution is 1.96. The van der Waals surface area contributed by atoms with E-state index in [4.69, 9.17) is 10.9 Å². The maximum Gasteiger partial charge on any atom is 0.0207 e. The summed E-state index contributed by atoms with van der Waals surface area (Å²) in [5.41, 5.74) is 7.39. The van der Waals surface area contributed by atoms with Crippen LogP contribution < -0.4 is 11.2 Å². The van der Waals surface area contributed by atoms with Gasteiger partial charge in [0.2, 0.25) is 0 Å². The molecule has 4 N–H and O–H groups in total. The minimum absolute atomic E-state index is 0.699. The van der Waals surface area contributed by atoms with E-state index >= 15 is 0 Å². The van der Waals surface area contributed by atoms with Crippen LogP contribution in [-0.4, -0.2) is 18.3 Å². The summed E-state index contributed by atoms with van der Waals surface area (Å²) in [5.74, 6) is 0. The van der Waals surface area contributed by atoms with Gasteiger partial charge in [-0.2, -0.15) is 0 Å².